The Kier molecular flexibility index (Phi) is 9.21. The maximum atomic E-state index is 12.1. The van der Waals surface area contributed by atoms with Gasteiger partial charge < -0.3 is 15.4 Å². The molecule has 0 aliphatic rings. The minimum absolute atomic E-state index is 0.00110. The Balaban J connectivity index is 4.36. The van der Waals surface area contributed by atoms with Crippen LogP contribution in [0.4, 0.5) is 0 Å². The van der Waals surface area contributed by atoms with Crippen molar-refractivity contribution in [2.45, 2.75) is 52.5 Å². The molecule has 5 heteroatoms. The third kappa shape index (κ3) is 7.15. The molecule has 0 aliphatic heterocycles. The molecule has 112 valence electrons. The van der Waals surface area contributed by atoms with Crippen LogP contribution in [0.2, 0.25) is 0 Å². The Morgan fingerprint density at radius 1 is 1.26 bits per heavy atom. The highest BCUT2D eigenvalue weighted by molar-refractivity contribution is 5.82. The molecule has 0 spiro atoms. The maximum Gasteiger partial charge on any atom is 0.325 e. The van der Waals surface area contributed by atoms with E-state index >= 15 is 0 Å². The Bertz CT molecular complexity index is 280. The standard InChI is InChI=1S/C14H28N2O3/c1-5-12(8-9-15)6-7-13(17)16(11(2)3)10-14(18)19-4/h11-12H,5-10,15H2,1-4H3. The van der Waals surface area contributed by atoms with Gasteiger partial charge in [-0.25, -0.2) is 0 Å². The van der Waals surface area contributed by atoms with Crippen molar-refractivity contribution in [3.8, 4) is 0 Å². The van der Waals surface area contributed by atoms with Gasteiger partial charge in [0.15, 0.2) is 0 Å². The van der Waals surface area contributed by atoms with E-state index in [1.54, 1.807) is 4.90 Å². The molecule has 0 aromatic heterocycles. The normalized spacial score (nSPS) is 12.3. The highest BCUT2D eigenvalue weighted by Gasteiger charge is 2.21. The van der Waals surface area contributed by atoms with Gasteiger partial charge >= 0.3 is 5.97 Å². The largest absolute Gasteiger partial charge is 0.468 e. The van der Waals surface area contributed by atoms with Crippen LogP contribution in [-0.2, 0) is 14.3 Å². The predicted octanol–water partition coefficient (Wildman–Crippen LogP) is 1.55. The first-order valence-electron chi connectivity index (χ1n) is 7.02. The second-order valence-corrected chi connectivity index (χ2v) is 5.08. The summed E-state index contributed by atoms with van der Waals surface area (Å²) in [6, 6.07) is 0.00110. The maximum absolute atomic E-state index is 12.1. The van der Waals surface area contributed by atoms with Crippen molar-refractivity contribution < 1.29 is 14.3 Å². The number of nitrogens with zero attached hydrogens (tertiary/aromatic N) is 1. The number of carbonyl (C=O) groups excluding carboxylic acids is 2. The zero-order valence-electron chi connectivity index (χ0n) is 12.6. The van der Waals surface area contributed by atoms with Crippen molar-refractivity contribution in [2.24, 2.45) is 11.7 Å². The van der Waals surface area contributed by atoms with Crippen LogP contribution >= 0.6 is 0 Å². The Morgan fingerprint density at radius 3 is 2.32 bits per heavy atom. The van der Waals surface area contributed by atoms with Crippen LogP contribution in [-0.4, -0.2) is 43.0 Å². The van der Waals surface area contributed by atoms with E-state index in [9.17, 15) is 9.59 Å². The van der Waals surface area contributed by atoms with E-state index in [2.05, 4.69) is 11.7 Å². The summed E-state index contributed by atoms with van der Waals surface area (Å²) in [4.78, 5) is 25.0. The molecule has 1 unspecified atom stereocenters. The summed E-state index contributed by atoms with van der Waals surface area (Å²) in [5.74, 6) is 0.119. The number of carbonyl (C=O) groups is 2. The first-order chi connectivity index (χ1) is 8.96. The molecular weight excluding hydrogens is 244 g/mol. The molecule has 0 bridgehead atoms. The van der Waals surface area contributed by atoms with Crippen LogP contribution < -0.4 is 5.73 Å². The van der Waals surface area contributed by atoms with Gasteiger partial charge in [-0.05, 0) is 39.2 Å². The zero-order valence-corrected chi connectivity index (χ0v) is 12.6. The van der Waals surface area contributed by atoms with Crippen LogP contribution in [0.3, 0.4) is 0 Å². The molecule has 0 saturated carbocycles. The van der Waals surface area contributed by atoms with Crippen LogP contribution in [0.1, 0.15) is 46.5 Å². The topological polar surface area (TPSA) is 72.6 Å². The molecule has 0 aromatic rings. The van der Waals surface area contributed by atoms with Crippen molar-refractivity contribution in [1.29, 1.82) is 0 Å². The van der Waals surface area contributed by atoms with Crippen molar-refractivity contribution in [3.05, 3.63) is 0 Å². The summed E-state index contributed by atoms with van der Waals surface area (Å²) in [7, 11) is 1.33. The van der Waals surface area contributed by atoms with Crippen LogP contribution in [0.25, 0.3) is 0 Å². The molecule has 19 heavy (non-hydrogen) atoms. The number of hydrogen-bond acceptors (Lipinski definition) is 4. The molecule has 2 N–H and O–H groups in total. The monoisotopic (exact) mass is 272 g/mol. The molecule has 0 aromatic carbocycles. The van der Waals surface area contributed by atoms with Gasteiger partial charge in [0.25, 0.3) is 0 Å². The fourth-order valence-corrected chi connectivity index (χ4v) is 2.02. The van der Waals surface area contributed by atoms with Gasteiger partial charge in [0.1, 0.15) is 6.54 Å². The average molecular weight is 272 g/mol. The molecule has 1 atom stereocenters. The summed E-state index contributed by atoms with van der Waals surface area (Å²) >= 11 is 0. The number of amides is 1. The number of nitrogens with two attached hydrogens (primary N) is 1. The highest BCUT2D eigenvalue weighted by Crippen LogP contribution is 2.16. The van der Waals surface area contributed by atoms with Gasteiger partial charge in [0.05, 0.1) is 7.11 Å². The smallest absolute Gasteiger partial charge is 0.325 e. The Hall–Kier alpha value is -1.10. The van der Waals surface area contributed by atoms with Crippen molar-refractivity contribution in [3.63, 3.8) is 0 Å². The second-order valence-electron chi connectivity index (χ2n) is 5.08. The van der Waals surface area contributed by atoms with E-state index in [4.69, 9.17) is 5.73 Å². The molecule has 0 aliphatic carbocycles. The number of rotatable bonds is 9. The SMILES string of the molecule is CCC(CCN)CCC(=O)N(CC(=O)OC)C(C)C. The van der Waals surface area contributed by atoms with Crippen LogP contribution in [0.15, 0.2) is 0 Å². The zero-order chi connectivity index (χ0) is 14.8. The van der Waals surface area contributed by atoms with Crippen LogP contribution in [0.5, 0.6) is 0 Å². The molecule has 5 nitrogen and oxygen atoms in total. The summed E-state index contributed by atoms with van der Waals surface area (Å²) in [5.41, 5.74) is 5.55. The number of hydrogen-bond donors (Lipinski definition) is 1. The van der Waals surface area contributed by atoms with E-state index < -0.39 is 0 Å². The van der Waals surface area contributed by atoms with Gasteiger partial charge in [-0.1, -0.05) is 13.3 Å². The molecule has 0 rings (SSSR count). The third-order valence-corrected chi connectivity index (χ3v) is 3.39. The Labute approximate surface area is 116 Å². The fourth-order valence-electron chi connectivity index (χ4n) is 2.02. The molecule has 1 amide bonds. The lowest BCUT2D eigenvalue weighted by Gasteiger charge is -2.26. The lowest BCUT2D eigenvalue weighted by atomic mass is 9.96. The lowest BCUT2D eigenvalue weighted by molar-refractivity contribution is -0.148. The van der Waals surface area contributed by atoms with E-state index in [-0.39, 0.29) is 24.5 Å². The summed E-state index contributed by atoms with van der Waals surface area (Å²) in [6.45, 7) is 6.60. The third-order valence-electron chi connectivity index (χ3n) is 3.39. The van der Waals surface area contributed by atoms with Crippen molar-refractivity contribution in [2.75, 3.05) is 20.2 Å². The summed E-state index contributed by atoms with van der Waals surface area (Å²) in [5, 5.41) is 0. The molecule has 0 heterocycles. The summed E-state index contributed by atoms with van der Waals surface area (Å²) < 4.78 is 4.62. The lowest BCUT2D eigenvalue weighted by Crippen LogP contribution is -2.41. The van der Waals surface area contributed by atoms with Gasteiger partial charge in [-0.15, -0.1) is 0 Å². The molecule has 0 fully saturated rings. The van der Waals surface area contributed by atoms with E-state index in [1.165, 1.54) is 7.11 Å². The average Bonchev–Trinajstić information content (AvgIpc) is 2.39. The van der Waals surface area contributed by atoms with E-state index in [0.29, 0.717) is 18.9 Å². The Morgan fingerprint density at radius 2 is 1.89 bits per heavy atom. The number of esters is 1. The molecule has 0 radical (unpaired) electrons. The van der Waals surface area contributed by atoms with E-state index in [1.807, 2.05) is 13.8 Å². The van der Waals surface area contributed by atoms with Gasteiger partial charge in [-0.2, -0.15) is 0 Å². The fraction of sp³-hybridized carbons (Fsp3) is 0.857. The van der Waals surface area contributed by atoms with Crippen molar-refractivity contribution >= 4 is 11.9 Å². The highest BCUT2D eigenvalue weighted by atomic mass is 16.5. The minimum Gasteiger partial charge on any atom is -0.468 e. The van der Waals surface area contributed by atoms with Crippen molar-refractivity contribution in [1.82, 2.24) is 4.90 Å². The van der Waals surface area contributed by atoms with Crippen LogP contribution in [0, 0.1) is 5.92 Å². The summed E-state index contributed by atoms with van der Waals surface area (Å²) in [6.07, 6.45) is 3.27. The quantitative estimate of drug-likeness (QED) is 0.646. The first kappa shape index (κ1) is 17.9. The molecular formula is C14H28N2O3. The predicted molar refractivity (Wildman–Crippen MR) is 75.6 cm³/mol. The molecule has 0 saturated heterocycles. The number of ether oxygens (including phenoxy) is 1. The second kappa shape index (κ2) is 9.78. The van der Waals surface area contributed by atoms with Gasteiger partial charge in [0, 0.05) is 12.5 Å². The van der Waals surface area contributed by atoms with E-state index in [0.717, 1.165) is 19.3 Å². The van der Waals surface area contributed by atoms with Gasteiger partial charge in [0.2, 0.25) is 5.91 Å². The minimum atomic E-state index is -0.379. The number of methoxy groups -OCH3 is 1. The van der Waals surface area contributed by atoms with Gasteiger partial charge in [-0.3, -0.25) is 9.59 Å². The first-order valence-corrected chi connectivity index (χ1v) is 7.02.